The van der Waals surface area contributed by atoms with Crippen LogP contribution in [0.3, 0.4) is 0 Å². The number of thioether (sulfide) groups is 1. The van der Waals surface area contributed by atoms with Gasteiger partial charge in [-0.05, 0) is 19.4 Å². The molecule has 0 aliphatic carbocycles. The molecule has 3 rings (SSSR count). The number of nitrogens with one attached hydrogen (secondary N) is 2. The van der Waals surface area contributed by atoms with Gasteiger partial charge >= 0.3 is 0 Å². The van der Waals surface area contributed by atoms with Crippen molar-refractivity contribution in [2.24, 2.45) is 0 Å². The highest BCUT2D eigenvalue weighted by atomic mass is 32.2. The molecule has 1 atom stereocenters. The van der Waals surface area contributed by atoms with Crippen molar-refractivity contribution in [2.75, 3.05) is 5.75 Å². The maximum absolute atomic E-state index is 11.8. The fourth-order valence-electron chi connectivity index (χ4n) is 2.12. The van der Waals surface area contributed by atoms with Crippen LogP contribution in [0.4, 0.5) is 0 Å². The van der Waals surface area contributed by atoms with E-state index in [4.69, 9.17) is 0 Å². The maximum Gasteiger partial charge on any atom is 0.230 e. The minimum Gasteiger partial charge on any atom is -0.353 e. The van der Waals surface area contributed by atoms with E-state index in [1.54, 1.807) is 0 Å². The summed E-state index contributed by atoms with van der Waals surface area (Å²) in [4.78, 5) is 19.4. The summed E-state index contributed by atoms with van der Waals surface area (Å²) in [6.07, 6.45) is 0.912. The summed E-state index contributed by atoms with van der Waals surface area (Å²) in [5.41, 5.74) is 2.43. The lowest BCUT2D eigenvalue weighted by atomic mass is 10.2. The first-order valence-corrected chi connectivity index (χ1v) is 8.19. The fraction of sp³-hybridized carbons (Fsp3) is 0.333. The first-order chi connectivity index (χ1) is 10.7. The minimum atomic E-state index is -0.0142. The van der Waals surface area contributed by atoms with Crippen LogP contribution in [-0.2, 0) is 4.79 Å². The first-order valence-electron chi connectivity index (χ1n) is 7.20. The number of aromatic nitrogens is 4. The average Bonchev–Trinajstić information content (AvgIpc) is 2.90. The minimum absolute atomic E-state index is 0.0142. The Morgan fingerprint density at radius 3 is 3.00 bits per heavy atom. The van der Waals surface area contributed by atoms with Crippen molar-refractivity contribution in [2.45, 2.75) is 31.5 Å². The summed E-state index contributed by atoms with van der Waals surface area (Å²) in [5, 5.41) is 12.7. The van der Waals surface area contributed by atoms with Crippen LogP contribution in [0, 0.1) is 0 Å². The van der Waals surface area contributed by atoms with Crippen molar-refractivity contribution in [1.29, 1.82) is 0 Å². The van der Waals surface area contributed by atoms with E-state index in [1.165, 1.54) is 11.8 Å². The van der Waals surface area contributed by atoms with Gasteiger partial charge in [-0.25, -0.2) is 4.98 Å². The molecular weight excluding hydrogens is 298 g/mol. The molecule has 0 aliphatic rings. The Hall–Kier alpha value is -2.15. The van der Waals surface area contributed by atoms with E-state index < -0.39 is 0 Å². The van der Waals surface area contributed by atoms with E-state index in [9.17, 15) is 4.79 Å². The molecule has 7 heteroatoms. The Balaban J connectivity index is 1.75. The van der Waals surface area contributed by atoms with Crippen LogP contribution in [0.5, 0.6) is 0 Å². The van der Waals surface area contributed by atoms with Crippen LogP contribution < -0.4 is 5.32 Å². The smallest absolute Gasteiger partial charge is 0.230 e. The SMILES string of the molecule is CC[C@H](C)NC(=O)CSc1nnc2c(n1)[nH]c1ccccc12. The van der Waals surface area contributed by atoms with Gasteiger partial charge in [0.2, 0.25) is 11.1 Å². The quantitative estimate of drug-likeness (QED) is 0.707. The molecule has 0 aliphatic heterocycles. The van der Waals surface area contributed by atoms with Crippen molar-refractivity contribution in [3.63, 3.8) is 0 Å². The molecule has 0 saturated carbocycles. The van der Waals surface area contributed by atoms with E-state index in [1.807, 2.05) is 38.1 Å². The van der Waals surface area contributed by atoms with Crippen molar-refractivity contribution in [3.05, 3.63) is 24.3 Å². The number of carbonyl (C=O) groups excluding carboxylic acids is 1. The lowest BCUT2D eigenvalue weighted by Gasteiger charge is -2.10. The standard InChI is InChI=1S/C15H17N5OS/c1-3-9(2)16-12(21)8-22-15-18-14-13(19-20-15)10-6-4-5-7-11(10)17-14/h4-7,9H,3,8H2,1-2H3,(H,16,21)(H,17,18,20)/t9-/m0/s1. The number of rotatable bonds is 5. The summed E-state index contributed by atoms with van der Waals surface area (Å²) < 4.78 is 0. The number of para-hydroxylation sites is 1. The van der Waals surface area contributed by atoms with Gasteiger partial charge in [0.05, 0.1) is 5.75 Å². The zero-order chi connectivity index (χ0) is 15.5. The summed E-state index contributed by atoms with van der Waals surface area (Å²) >= 11 is 1.29. The third kappa shape index (κ3) is 3.04. The molecule has 0 fully saturated rings. The van der Waals surface area contributed by atoms with Gasteiger partial charge in [-0.1, -0.05) is 36.9 Å². The molecule has 1 amide bonds. The van der Waals surface area contributed by atoms with Crippen LogP contribution in [0.2, 0.25) is 0 Å². The molecule has 3 aromatic rings. The Morgan fingerprint density at radius 1 is 1.36 bits per heavy atom. The van der Waals surface area contributed by atoms with E-state index in [0.29, 0.717) is 10.8 Å². The topological polar surface area (TPSA) is 83.6 Å². The molecule has 22 heavy (non-hydrogen) atoms. The number of H-pyrrole nitrogens is 1. The summed E-state index contributed by atoms with van der Waals surface area (Å²) in [6.45, 7) is 4.02. The highest BCUT2D eigenvalue weighted by Crippen LogP contribution is 2.23. The molecule has 0 bridgehead atoms. The third-order valence-corrected chi connectivity index (χ3v) is 4.29. The van der Waals surface area contributed by atoms with Gasteiger partial charge in [0.1, 0.15) is 5.52 Å². The molecule has 0 radical (unpaired) electrons. The lowest BCUT2D eigenvalue weighted by Crippen LogP contribution is -2.33. The molecule has 2 heterocycles. The van der Waals surface area contributed by atoms with Gasteiger partial charge < -0.3 is 10.3 Å². The fourth-order valence-corrected chi connectivity index (χ4v) is 2.71. The summed E-state index contributed by atoms with van der Waals surface area (Å²) in [6, 6.07) is 8.06. The van der Waals surface area contributed by atoms with Crippen LogP contribution in [0.1, 0.15) is 20.3 Å². The Labute approximate surface area is 132 Å². The summed E-state index contributed by atoms with van der Waals surface area (Å²) in [7, 11) is 0. The predicted octanol–water partition coefficient (Wildman–Crippen LogP) is 2.51. The number of carbonyl (C=O) groups is 1. The van der Waals surface area contributed by atoms with Crippen molar-refractivity contribution in [3.8, 4) is 0 Å². The monoisotopic (exact) mass is 315 g/mol. The Bertz CT molecular complexity index is 816. The molecule has 1 aromatic carbocycles. The van der Waals surface area contributed by atoms with Crippen molar-refractivity contribution >= 4 is 39.7 Å². The van der Waals surface area contributed by atoms with Crippen molar-refractivity contribution in [1.82, 2.24) is 25.5 Å². The molecule has 2 aromatic heterocycles. The van der Waals surface area contributed by atoms with Crippen LogP contribution in [0.15, 0.2) is 29.4 Å². The highest BCUT2D eigenvalue weighted by Gasteiger charge is 2.11. The van der Waals surface area contributed by atoms with Gasteiger partial charge in [0, 0.05) is 16.9 Å². The molecular formula is C15H17N5OS. The largest absolute Gasteiger partial charge is 0.353 e. The number of aromatic amines is 1. The van der Waals surface area contributed by atoms with Gasteiger partial charge in [0.25, 0.3) is 0 Å². The number of benzene rings is 1. The Kier molecular flexibility index (Phi) is 4.24. The van der Waals surface area contributed by atoms with Crippen LogP contribution >= 0.6 is 11.8 Å². The molecule has 0 saturated heterocycles. The zero-order valence-corrected chi connectivity index (χ0v) is 13.3. The number of hydrogen-bond acceptors (Lipinski definition) is 5. The van der Waals surface area contributed by atoms with Gasteiger partial charge in [-0.15, -0.1) is 10.2 Å². The normalized spacial score (nSPS) is 12.6. The zero-order valence-electron chi connectivity index (χ0n) is 12.5. The first kappa shape index (κ1) is 14.8. The molecule has 0 unspecified atom stereocenters. The average molecular weight is 315 g/mol. The third-order valence-electron chi connectivity index (χ3n) is 3.45. The Morgan fingerprint density at radius 2 is 2.18 bits per heavy atom. The second-order valence-corrected chi connectivity index (χ2v) is 6.07. The van der Waals surface area contributed by atoms with Crippen molar-refractivity contribution < 1.29 is 4.79 Å². The predicted molar refractivity (Wildman–Crippen MR) is 87.8 cm³/mol. The molecule has 2 N–H and O–H groups in total. The number of fused-ring (bicyclic) bond motifs is 3. The molecule has 114 valence electrons. The second kappa shape index (κ2) is 6.31. The maximum atomic E-state index is 11.8. The van der Waals surface area contributed by atoms with Gasteiger partial charge in [-0.3, -0.25) is 4.79 Å². The summed E-state index contributed by atoms with van der Waals surface area (Å²) in [5.74, 6) is 0.275. The van der Waals surface area contributed by atoms with Crippen LogP contribution in [0.25, 0.3) is 22.1 Å². The second-order valence-electron chi connectivity index (χ2n) is 5.13. The van der Waals surface area contributed by atoms with Gasteiger partial charge in [-0.2, -0.15) is 0 Å². The highest BCUT2D eigenvalue weighted by molar-refractivity contribution is 7.99. The molecule has 6 nitrogen and oxygen atoms in total. The van der Waals surface area contributed by atoms with E-state index in [2.05, 4.69) is 25.5 Å². The lowest BCUT2D eigenvalue weighted by molar-refractivity contribution is -0.119. The number of hydrogen-bond donors (Lipinski definition) is 2. The number of amides is 1. The van der Waals surface area contributed by atoms with E-state index in [-0.39, 0.29) is 17.7 Å². The number of nitrogens with zero attached hydrogens (tertiary/aromatic N) is 3. The molecule has 0 spiro atoms. The van der Waals surface area contributed by atoms with Gasteiger partial charge in [0.15, 0.2) is 5.65 Å². The van der Waals surface area contributed by atoms with Crippen LogP contribution in [-0.4, -0.2) is 37.9 Å². The van der Waals surface area contributed by atoms with E-state index >= 15 is 0 Å². The van der Waals surface area contributed by atoms with E-state index in [0.717, 1.165) is 22.8 Å².